The van der Waals surface area contributed by atoms with Crippen LogP contribution in [0.15, 0.2) is 12.1 Å². The maximum atomic E-state index is 12.0. The number of benzene rings is 1. The third-order valence-electron chi connectivity index (χ3n) is 3.11. The molecule has 19 heavy (non-hydrogen) atoms. The van der Waals surface area contributed by atoms with E-state index in [-0.39, 0.29) is 6.03 Å². The van der Waals surface area contributed by atoms with E-state index in [9.17, 15) is 4.79 Å². The molecule has 1 fully saturated rings. The molecular formula is C13H17ClN2O3. The quantitative estimate of drug-likeness (QED) is 0.928. The van der Waals surface area contributed by atoms with E-state index < -0.39 is 0 Å². The number of likely N-dealkylation sites (tertiary alicyclic amines) is 1. The zero-order valence-corrected chi connectivity index (χ0v) is 11.8. The highest BCUT2D eigenvalue weighted by Crippen LogP contribution is 2.36. The highest BCUT2D eigenvalue weighted by Gasteiger charge is 2.19. The van der Waals surface area contributed by atoms with Crippen LogP contribution in [0.5, 0.6) is 11.5 Å². The van der Waals surface area contributed by atoms with E-state index in [2.05, 4.69) is 5.32 Å². The molecule has 0 radical (unpaired) electrons. The minimum absolute atomic E-state index is 0.128. The number of nitrogens with zero attached hydrogens (tertiary/aromatic N) is 1. The van der Waals surface area contributed by atoms with Gasteiger partial charge >= 0.3 is 6.03 Å². The summed E-state index contributed by atoms with van der Waals surface area (Å²) in [5.41, 5.74) is 0.546. The van der Waals surface area contributed by atoms with Gasteiger partial charge in [-0.05, 0) is 18.9 Å². The summed E-state index contributed by atoms with van der Waals surface area (Å²) >= 11 is 6.06. The molecule has 104 valence electrons. The van der Waals surface area contributed by atoms with Gasteiger partial charge in [-0.2, -0.15) is 0 Å². The summed E-state index contributed by atoms with van der Waals surface area (Å²) in [5.74, 6) is 1.03. The maximum absolute atomic E-state index is 12.0. The zero-order valence-electron chi connectivity index (χ0n) is 11.0. The van der Waals surface area contributed by atoms with Crippen LogP contribution in [0.3, 0.4) is 0 Å². The normalized spacial score (nSPS) is 14.4. The first-order valence-electron chi connectivity index (χ1n) is 6.13. The van der Waals surface area contributed by atoms with Crippen molar-refractivity contribution < 1.29 is 14.3 Å². The lowest BCUT2D eigenvalue weighted by atomic mass is 10.2. The second kappa shape index (κ2) is 6.02. The SMILES string of the molecule is COc1cc(OC)c(NC(=O)N2CCCC2)cc1Cl. The number of urea groups is 1. The Balaban J connectivity index is 2.18. The molecular weight excluding hydrogens is 268 g/mol. The molecule has 1 heterocycles. The van der Waals surface area contributed by atoms with Gasteiger partial charge in [-0.25, -0.2) is 4.79 Å². The Morgan fingerprint density at radius 1 is 1.21 bits per heavy atom. The predicted octanol–water partition coefficient (Wildman–Crippen LogP) is 2.98. The van der Waals surface area contributed by atoms with Crippen molar-refractivity contribution in [2.24, 2.45) is 0 Å². The van der Waals surface area contributed by atoms with Gasteiger partial charge < -0.3 is 19.7 Å². The van der Waals surface area contributed by atoms with Crippen LogP contribution in [0.2, 0.25) is 5.02 Å². The molecule has 2 rings (SSSR count). The van der Waals surface area contributed by atoms with Gasteiger partial charge in [0.15, 0.2) is 0 Å². The highest BCUT2D eigenvalue weighted by molar-refractivity contribution is 6.32. The molecule has 1 saturated heterocycles. The highest BCUT2D eigenvalue weighted by atomic mass is 35.5. The van der Waals surface area contributed by atoms with E-state index in [1.807, 2.05) is 0 Å². The monoisotopic (exact) mass is 284 g/mol. The Bertz CT molecular complexity index is 473. The Labute approximate surface area is 117 Å². The molecule has 0 unspecified atom stereocenters. The number of hydrogen-bond donors (Lipinski definition) is 1. The second-order valence-corrected chi connectivity index (χ2v) is 4.72. The van der Waals surface area contributed by atoms with Gasteiger partial charge in [0.1, 0.15) is 11.5 Å². The summed E-state index contributed by atoms with van der Waals surface area (Å²) < 4.78 is 10.3. The van der Waals surface area contributed by atoms with Gasteiger partial charge in [-0.3, -0.25) is 0 Å². The number of nitrogens with one attached hydrogen (secondary N) is 1. The Kier molecular flexibility index (Phi) is 4.37. The van der Waals surface area contributed by atoms with E-state index in [4.69, 9.17) is 21.1 Å². The molecule has 1 aromatic rings. The zero-order chi connectivity index (χ0) is 13.8. The second-order valence-electron chi connectivity index (χ2n) is 4.31. The van der Waals surface area contributed by atoms with Crippen LogP contribution in [-0.4, -0.2) is 38.2 Å². The number of amides is 2. The number of anilines is 1. The third kappa shape index (κ3) is 3.04. The van der Waals surface area contributed by atoms with E-state index in [0.29, 0.717) is 22.2 Å². The van der Waals surface area contributed by atoms with Crippen LogP contribution in [0.1, 0.15) is 12.8 Å². The molecule has 0 atom stereocenters. The fourth-order valence-electron chi connectivity index (χ4n) is 2.07. The molecule has 5 nitrogen and oxygen atoms in total. The largest absolute Gasteiger partial charge is 0.495 e. The van der Waals surface area contributed by atoms with Crippen molar-refractivity contribution in [2.45, 2.75) is 12.8 Å². The first-order chi connectivity index (χ1) is 9.15. The van der Waals surface area contributed by atoms with Gasteiger partial charge in [0.25, 0.3) is 0 Å². The number of ether oxygens (including phenoxy) is 2. The van der Waals surface area contributed by atoms with Crippen molar-refractivity contribution in [1.29, 1.82) is 0 Å². The predicted molar refractivity (Wildman–Crippen MR) is 74.4 cm³/mol. The van der Waals surface area contributed by atoms with Crippen LogP contribution >= 0.6 is 11.6 Å². The molecule has 0 bridgehead atoms. The van der Waals surface area contributed by atoms with Crippen LogP contribution in [-0.2, 0) is 0 Å². The molecule has 6 heteroatoms. The Hall–Kier alpha value is -1.62. The number of methoxy groups -OCH3 is 2. The number of rotatable bonds is 3. The molecule has 1 aliphatic rings. The van der Waals surface area contributed by atoms with Crippen molar-refractivity contribution in [3.8, 4) is 11.5 Å². The number of halogens is 1. The van der Waals surface area contributed by atoms with Gasteiger partial charge in [0.05, 0.1) is 24.9 Å². The van der Waals surface area contributed by atoms with Crippen LogP contribution in [0, 0.1) is 0 Å². The van der Waals surface area contributed by atoms with Crippen LogP contribution in [0.4, 0.5) is 10.5 Å². The van der Waals surface area contributed by atoms with Crippen molar-refractivity contribution in [2.75, 3.05) is 32.6 Å². The van der Waals surface area contributed by atoms with Gasteiger partial charge in [0.2, 0.25) is 0 Å². The van der Waals surface area contributed by atoms with Gasteiger partial charge in [-0.15, -0.1) is 0 Å². The van der Waals surface area contributed by atoms with Gasteiger partial charge in [-0.1, -0.05) is 11.6 Å². The summed E-state index contributed by atoms with van der Waals surface area (Å²) in [6.07, 6.45) is 2.10. The molecule has 0 aliphatic carbocycles. The van der Waals surface area contributed by atoms with Gasteiger partial charge in [0, 0.05) is 19.2 Å². The van der Waals surface area contributed by atoms with Crippen LogP contribution < -0.4 is 14.8 Å². The molecule has 2 amide bonds. The average molecular weight is 285 g/mol. The Morgan fingerprint density at radius 2 is 1.84 bits per heavy atom. The lowest BCUT2D eigenvalue weighted by Gasteiger charge is -2.18. The molecule has 0 aromatic heterocycles. The Morgan fingerprint density at radius 3 is 2.42 bits per heavy atom. The minimum atomic E-state index is -0.128. The van der Waals surface area contributed by atoms with E-state index in [1.165, 1.54) is 14.2 Å². The lowest BCUT2D eigenvalue weighted by molar-refractivity contribution is 0.222. The fourth-order valence-corrected chi connectivity index (χ4v) is 2.31. The smallest absolute Gasteiger partial charge is 0.321 e. The first-order valence-corrected chi connectivity index (χ1v) is 6.51. The van der Waals surface area contributed by atoms with Crippen molar-refractivity contribution in [3.63, 3.8) is 0 Å². The topological polar surface area (TPSA) is 50.8 Å². The minimum Gasteiger partial charge on any atom is -0.495 e. The van der Waals surface area contributed by atoms with Crippen LogP contribution in [0.25, 0.3) is 0 Å². The molecule has 1 N–H and O–H groups in total. The van der Waals surface area contributed by atoms with E-state index in [1.54, 1.807) is 17.0 Å². The van der Waals surface area contributed by atoms with E-state index in [0.717, 1.165) is 25.9 Å². The summed E-state index contributed by atoms with van der Waals surface area (Å²) in [5, 5.41) is 3.25. The van der Waals surface area contributed by atoms with E-state index >= 15 is 0 Å². The molecule has 0 saturated carbocycles. The summed E-state index contributed by atoms with van der Waals surface area (Å²) in [6.45, 7) is 1.58. The standard InChI is InChI=1S/C13H17ClN2O3/c1-18-11-8-12(19-2)10(7-9(11)14)15-13(17)16-5-3-4-6-16/h7-8H,3-6H2,1-2H3,(H,15,17). The number of carbonyl (C=O) groups is 1. The third-order valence-corrected chi connectivity index (χ3v) is 3.40. The first kappa shape index (κ1) is 13.8. The fraction of sp³-hybridized carbons (Fsp3) is 0.462. The van der Waals surface area contributed by atoms with Crippen molar-refractivity contribution in [3.05, 3.63) is 17.2 Å². The van der Waals surface area contributed by atoms with Crippen molar-refractivity contribution >= 4 is 23.3 Å². The number of carbonyl (C=O) groups excluding carboxylic acids is 1. The molecule has 1 aliphatic heterocycles. The average Bonchev–Trinajstić information content (AvgIpc) is 2.93. The summed E-state index contributed by atoms with van der Waals surface area (Å²) in [6, 6.07) is 3.16. The maximum Gasteiger partial charge on any atom is 0.321 e. The molecule has 1 aromatic carbocycles. The lowest BCUT2D eigenvalue weighted by Crippen LogP contribution is -2.32. The summed E-state index contributed by atoms with van der Waals surface area (Å²) in [7, 11) is 3.07. The van der Waals surface area contributed by atoms with Crippen molar-refractivity contribution in [1.82, 2.24) is 4.90 Å². The molecule has 0 spiro atoms. The number of hydrogen-bond acceptors (Lipinski definition) is 3. The summed E-state index contributed by atoms with van der Waals surface area (Å²) in [4.78, 5) is 13.8.